The number of nitrogens with two attached hydrogens (primary N) is 1. The van der Waals surface area contributed by atoms with Crippen LogP contribution >= 0.6 is 0 Å². The summed E-state index contributed by atoms with van der Waals surface area (Å²) in [6, 6.07) is 14.1. The van der Waals surface area contributed by atoms with E-state index in [1.807, 2.05) is 30.3 Å². The molecule has 0 saturated heterocycles. The average molecular weight is 254 g/mol. The zero-order valence-electron chi connectivity index (χ0n) is 9.97. The number of nitrogens with one attached hydrogen (secondary N) is 1. The molecule has 0 atom stereocenters. The van der Waals surface area contributed by atoms with Gasteiger partial charge in [-0.15, -0.1) is 0 Å². The molecule has 0 aliphatic heterocycles. The molecule has 0 bridgehead atoms. The van der Waals surface area contributed by atoms with Gasteiger partial charge < -0.3 is 5.73 Å². The van der Waals surface area contributed by atoms with E-state index in [4.69, 9.17) is 5.73 Å². The smallest absolute Gasteiger partial charge is 0.181 e. The number of halogens is 1. The molecule has 3 rings (SSSR count). The van der Waals surface area contributed by atoms with Crippen LogP contribution in [0.4, 0.5) is 10.1 Å². The molecule has 3 N–H and O–H groups in total. The van der Waals surface area contributed by atoms with Crippen molar-refractivity contribution < 1.29 is 4.39 Å². The van der Waals surface area contributed by atoms with Crippen molar-refractivity contribution in [3.8, 4) is 22.8 Å². The lowest BCUT2D eigenvalue weighted by atomic mass is 10.2. The minimum absolute atomic E-state index is 0.0866. The molecule has 0 spiro atoms. The maximum absolute atomic E-state index is 13.1. The molecular formula is C14H11FN4. The van der Waals surface area contributed by atoms with Crippen molar-refractivity contribution in [2.24, 2.45) is 0 Å². The fraction of sp³-hybridized carbons (Fsp3) is 0. The van der Waals surface area contributed by atoms with Crippen molar-refractivity contribution in [1.82, 2.24) is 15.2 Å². The quantitative estimate of drug-likeness (QED) is 0.691. The summed E-state index contributed by atoms with van der Waals surface area (Å²) in [5.74, 6) is 0.714. The SMILES string of the molecule is Nc1cc(-c2n[nH]c(-c3ccccc3)n2)ccc1F. The lowest BCUT2D eigenvalue weighted by Gasteiger charge is -1.98. The van der Waals surface area contributed by atoms with E-state index in [0.29, 0.717) is 17.2 Å². The third kappa shape index (κ3) is 2.18. The molecule has 5 heteroatoms. The zero-order valence-corrected chi connectivity index (χ0v) is 9.97. The van der Waals surface area contributed by atoms with Crippen molar-refractivity contribution >= 4 is 5.69 Å². The topological polar surface area (TPSA) is 67.6 Å². The molecule has 0 fully saturated rings. The van der Waals surface area contributed by atoms with Gasteiger partial charge in [-0.25, -0.2) is 9.37 Å². The van der Waals surface area contributed by atoms with Crippen molar-refractivity contribution in [2.75, 3.05) is 5.73 Å². The summed E-state index contributed by atoms with van der Waals surface area (Å²) in [5, 5.41) is 6.98. The molecule has 19 heavy (non-hydrogen) atoms. The standard InChI is InChI=1S/C14H11FN4/c15-11-7-6-10(8-12(11)16)14-17-13(18-19-14)9-4-2-1-3-5-9/h1-8H,16H2,(H,17,18,19). The Balaban J connectivity index is 1.99. The van der Waals surface area contributed by atoms with Crippen LogP contribution in [0.15, 0.2) is 48.5 Å². The summed E-state index contributed by atoms with van der Waals surface area (Å²) < 4.78 is 13.1. The number of aromatic amines is 1. The Morgan fingerprint density at radius 3 is 2.53 bits per heavy atom. The summed E-state index contributed by atoms with van der Waals surface area (Å²) in [6.45, 7) is 0. The van der Waals surface area contributed by atoms with E-state index in [1.165, 1.54) is 12.1 Å². The molecule has 1 aromatic heterocycles. The fourth-order valence-corrected chi connectivity index (χ4v) is 1.80. The van der Waals surface area contributed by atoms with Crippen LogP contribution in [0.5, 0.6) is 0 Å². The maximum Gasteiger partial charge on any atom is 0.181 e. The van der Waals surface area contributed by atoms with Crippen molar-refractivity contribution in [3.05, 3.63) is 54.3 Å². The Bertz CT molecular complexity index is 706. The predicted octanol–water partition coefficient (Wildman–Crippen LogP) is 2.86. The first-order chi connectivity index (χ1) is 9.24. The second-order valence-electron chi connectivity index (χ2n) is 4.11. The third-order valence-corrected chi connectivity index (χ3v) is 2.79. The minimum atomic E-state index is -0.442. The van der Waals surface area contributed by atoms with Crippen molar-refractivity contribution in [2.45, 2.75) is 0 Å². The Morgan fingerprint density at radius 2 is 1.79 bits per heavy atom. The highest BCUT2D eigenvalue weighted by atomic mass is 19.1. The van der Waals surface area contributed by atoms with Gasteiger partial charge in [0.05, 0.1) is 5.69 Å². The Kier molecular flexibility index (Phi) is 2.72. The second kappa shape index (κ2) is 4.53. The van der Waals surface area contributed by atoms with E-state index in [-0.39, 0.29) is 5.69 Å². The monoisotopic (exact) mass is 254 g/mol. The molecule has 2 aromatic carbocycles. The van der Waals surface area contributed by atoms with Crippen LogP contribution in [0.1, 0.15) is 0 Å². The van der Waals surface area contributed by atoms with Crippen LogP contribution < -0.4 is 5.73 Å². The number of nitrogens with zero attached hydrogens (tertiary/aromatic N) is 2. The normalized spacial score (nSPS) is 10.6. The van der Waals surface area contributed by atoms with Crippen LogP contribution in [-0.2, 0) is 0 Å². The first kappa shape index (κ1) is 11.4. The summed E-state index contributed by atoms with van der Waals surface area (Å²) in [5.41, 5.74) is 7.24. The number of H-pyrrole nitrogens is 1. The van der Waals surface area contributed by atoms with Gasteiger partial charge >= 0.3 is 0 Å². The Hall–Kier alpha value is -2.69. The van der Waals surface area contributed by atoms with E-state index < -0.39 is 5.82 Å². The van der Waals surface area contributed by atoms with Gasteiger partial charge in [-0.3, -0.25) is 5.10 Å². The van der Waals surface area contributed by atoms with Gasteiger partial charge in [0.2, 0.25) is 0 Å². The number of hydrogen-bond acceptors (Lipinski definition) is 3. The molecular weight excluding hydrogens is 243 g/mol. The van der Waals surface area contributed by atoms with E-state index >= 15 is 0 Å². The van der Waals surface area contributed by atoms with Gasteiger partial charge in [0.25, 0.3) is 0 Å². The maximum atomic E-state index is 13.1. The number of aromatic nitrogens is 3. The van der Waals surface area contributed by atoms with Gasteiger partial charge in [0, 0.05) is 11.1 Å². The molecule has 0 amide bonds. The lowest BCUT2D eigenvalue weighted by Crippen LogP contribution is -1.91. The molecule has 3 aromatic rings. The number of rotatable bonds is 2. The molecule has 1 heterocycles. The lowest BCUT2D eigenvalue weighted by molar-refractivity contribution is 0.632. The summed E-state index contributed by atoms with van der Waals surface area (Å²) in [7, 11) is 0. The van der Waals surface area contributed by atoms with Crippen molar-refractivity contribution in [3.63, 3.8) is 0 Å². The van der Waals surface area contributed by atoms with Gasteiger partial charge in [-0.05, 0) is 18.2 Å². The Morgan fingerprint density at radius 1 is 1.00 bits per heavy atom. The van der Waals surface area contributed by atoms with Gasteiger partial charge in [0.15, 0.2) is 11.6 Å². The van der Waals surface area contributed by atoms with E-state index in [9.17, 15) is 4.39 Å². The molecule has 0 radical (unpaired) electrons. The molecule has 0 unspecified atom stereocenters. The molecule has 0 aliphatic rings. The molecule has 0 aliphatic carbocycles. The van der Waals surface area contributed by atoms with E-state index in [0.717, 1.165) is 5.56 Å². The highest BCUT2D eigenvalue weighted by Gasteiger charge is 2.09. The van der Waals surface area contributed by atoms with Crippen LogP contribution in [0, 0.1) is 5.82 Å². The number of hydrogen-bond donors (Lipinski definition) is 2. The average Bonchev–Trinajstić information content (AvgIpc) is 2.93. The zero-order chi connectivity index (χ0) is 13.2. The summed E-state index contributed by atoms with van der Waals surface area (Å²) in [6.07, 6.45) is 0. The third-order valence-electron chi connectivity index (χ3n) is 2.79. The van der Waals surface area contributed by atoms with Crippen LogP contribution in [0.2, 0.25) is 0 Å². The summed E-state index contributed by atoms with van der Waals surface area (Å²) >= 11 is 0. The van der Waals surface area contributed by atoms with Crippen LogP contribution in [0.3, 0.4) is 0 Å². The summed E-state index contributed by atoms with van der Waals surface area (Å²) in [4.78, 5) is 4.38. The highest BCUT2D eigenvalue weighted by Crippen LogP contribution is 2.22. The van der Waals surface area contributed by atoms with Gasteiger partial charge in [-0.2, -0.15) is 5.10 Å². The largest absolute Gasteiger partial charge is 0.396 e. The number of anilines is 1. The number of nitrogen functional groups attached to an aromatic ring is 1. The molecule has 4 nitrogen and oxygen atoms in total. The van der Waals surface area contributed by atoms with E-state index in [2.05, 4.69) is 15.2 Å². The van der Waals surface area contributed by atoms with Crippen LogP contribution in [-0.4, -0.2) is 15.2 Å². The Labute approximate surface area is 109 Å². The predicted molar refractivity (Wildman–Crippen MR) is 71.6 cm³/mol. The van der Waals surface area contributed by atoms with Crippen LogP contribution in [0.25, 0.3) is 22.8 Å². The number of benzene rings is 2. The van der Waals surface area contributed by atoms with Gasteiger partial charge in [0.1, 0.15) is 5.82 Å². The highest BCUT2D eigenvalue weighted by molar-refractivity contribution is 5.64. The fourth-order valence-electron chi connectivity index (χ4n) is 1.80. The minimum Gasteiger partial charge on any atom is -0.396 e. The van der Waals surface area contributed by atoms with Crippen molar-refractivity contribution in [1.29, 1.82) is 0 Å². The molecule has 94 valence electrons. The second-order valence-corrected chi connectivity index (χ2v) is 4.11. The first-order valence-electron chi connectivity index (χ1n) is 5.77. The van der Waals surface area contributed by atoms with Gasteiger partial charge in [-0.1, -0.05) is 30.3 Å². The first-order valence-corrected chi connectivity index (χ1v) is 5.77. The molecule has 0 saturated carbocycles. The van der Waals surface area contributed by atoms with E-state index in [1.54, 1.807) is 6.07 Å².